The monoisotopic (exact) mass is 385 g/mol. The van der Waals surface area contributed by atoms with Crippen molar-refractivity contribution in [3.8, 4) is 0 Å². The predicted molar refractivity (Wildman–Crippen MR) is 96.5 cm³/mol. The summed E-state index contributed by atoms with van der Waals surface area (Å²) in [7, 11) is 0. The average molecular weight is 386 g/mol. The standard InChI is InChI=1S/C20H20BrNO2/c1-12-6-13(8-14(21)7-12)16-9-15-11-20(17(16)10-19(23)24-20)18-4-2-3-5-22(15)18/h6-10,15,18H,2-5,11H2,1H3/t15-,18-,20+/m1/s1. The van der Waals surface area contributed by atoms with Crippen molar-refractivity contribution < 1.29 is 9.53 Å². The van der Waals surface area contributed by atoms with Gasteiger partial charge in [0.2, 0.25) is 0 Å². The Labute approximate surface area is 150 Å². The molecule has 0 N–H and O–H groups in total. The lowest BCUT2D eigenvalue weighted by Gasteiger charge is -2.38. The van der Waals surface area contributed by atoms with Crippen LogP contribution in [0, 0.1) is 6.92 Å². The number of hydrogen-bond acceptors (Lipinski definition) is 3. The van der Waals surface area contributed by atoms with Gasteiger partial charge in [-0.05, 0) is 55.1 Å². The molecule has 124 valence electrons. The second-order valence-corrected chi connectivity index (χ2v) is 8.40. The zero-order chi connectivity index (χ0) is 16.5. The fourth-order valence-electron chi connectivity index (χ4n) is 5.20. The van der Waals surface area contributed by atoms with Crippen LogP contribution in [0.4, 0.5) is 0 Å². The summed E-state index contributed by atoms with van der Waals surface area (Å²) in [5.74, 6) is -0.171. The van der Waals surface area contributed by atoms with E-state index in [4.69, 9.17) is 4.74 Å². The lowest BCUT2D eigenvalue weighted by molar-refractivity contribution is -0.148. The summed E-state index contributed by atoms with van der Waals surface area (Å²) in [6, 6.07) is 7.20. The van der Waals surface area contributed by atoms with Crippen LogP contribution in [-0.4, -0.2) is 35.1 Å². The van der Waals surface area contributed by atoms with Crippen molar-refractivity contribution in [1.29, 1.82) is 0 Å². The Morgan fingerprint density at radius 1 is 1.29 bits per heavy atom. The van der Waals surface area contributed by atoms with Gasteiger partial charge >= 0.3 is 5.97 Å². The van der Waals surface area contributed by atoms with Crippen molar-refractivity contribution >= 4 is 27.5 Å². The first-order valence-electron chi connectivity index (χ1n) is 8.77. The zero-order valence-corrected chi connectivity index (χ0v) is 15.3. The quantitative estimate of drug-likeness (QED) is 0.684. The van der Waals surface area contributed by atoms with Crippen LogP contribution >= 0.6 is 15.9 Å². The Kier molecular flexibility index (Phi) is 3.14. The van der Waals surface area contributed by atoms with Gasteiger partial charge in [0.25, 0.3) is 0 Å². The number of nitrogens with zero attached hydrogens (tertiary/aromatic N) is 1. The normalized spacial score (nSPS) is 34.3. The Bertz CT molecular complexity index is 792. The Balaban J connectivity index is 1.69. The molecule has 24 heavy (non-hydrogen) atoms. The van der Waals surface area contributed by atoms with Gasteiger partial charge in [-0.2, -0.15) is 0 Å². The largest absolute Gasteiger partial charge is 0.449 e. The van der Waals surface area contributed by atoms with E-state index in [1.165, 1.54) is 29.5 Å². The van der Waals surface area contributed by atoms with Crippen LogP contribution in [0.5, 0.6) is 0 Å². The second kappa shape index (κ2) is 5.06. The van der Waals surface area contributed by atoms with Crippen molar-refractivity contribution in [2.45, 2.75) is 50.3 Å². The minimum atomic E-state index is -0.414. The topological polar surface area (TPSA) is 29.5 Å². The highest BCUT2D eigenvalue weighted by Crippen LogP contribution is 2.55. The number of esters is 1. The molecule has 2 bridgehead atoms. The molecule has 4 aliphatic rings. The van der Waals surface area contributed by atoms with E-state index < -0.39 is 5.60 Å². The summed E-state index contributed by atoms with van der Waals surface area (Å²) in [6.45, 7) is 3.22. The van der Waals surface area contributed by atoms with E-state index in [2.05, 4.69) is 52.0 Å². The predicted octanol–water partition coefficient (Wildman–Crippen LogP) is 4.00. The van der Waals surface area contributed by atoms with Gasteiger partial charge in [0.15, 0.2) is 5.60 Å². The number of aryl methyl sites for hydroxylation is 1. The van der Waals surface area contributed by atoms with Crippen LogP contribution in [0.2, 0.25) is 0 Å². The number of halogens is 1. The Hall–Kier alpha value is -1.39. The van der Waals surface area contributed by atoms with Gasteiger partial charge in [-0.3, -0.25) is 4.90 Å². The number of ether oxygens (including phenoxy) is 1. The van der Waals surface area contributed by atoms with E-state index in [9.17, 15) is 4.79 Å². The molecule has 1 spiro atoms. The first-order valence-corrected chi connectivity index (χ1v) is 9.57. The van der Waals surface area contributed by atoms with Crippen LogP contribution in [0.15, 0.2) is 40.4 Å². The summed E-state index contributed by atoms with van der Waals surface area (Å²) < 4.78 is 7.08. The highest BCUT2D eigenvalue weighted by molar-refractivity contribution is 9.10. The third-order valence-corrected chi connectivity index (χ3v) is 6.48. The van der Waals surface area contributed by atoms with E-state index in [0.717, 1.165) is 29.4 Å². The summed E-state index contributed by atoms with van der Waals surface area (Å²) >= 11 is 3.61. The second-order valence-electron chi connectivity index (χ2n) is 7.49. The van der Waals surface area contributed by atoms with Crippen molar-refractivity contribution in [3.05, 3.63) is 51.5 Å². The average Bonchev–Trinajstić information content (AvgIpc) is 3.02. The van der Waals surface area contributed by atoms with Crippen molar-refractivity contribution in [2.24, 2.45) is 0 Å². The summed E-state index contributed by atoms with van der Waals surface area (Å²) in [5, 5.41) is 0. The van der Waals surface area contributed by atoms with E-state index >= 15 is 0 Å². The van der Waals surface area contributed by atoms with Crippen molar-refractivity contribution in [2.75, 3.05) is 6.54 Å². The minimum Gasteiger partial charge on any atom is -0.449 e. The number of rotatable bonds is 1. The third kappa shape index (κ3) is 1.96. The SMILES string of the molecule is Cc1cc(Br)cc(C2=C[C@@H]3C[C@@]4(OC(=O)C=C24)[C@H]2CCCCN32)c1. The fourth-order valence-corrected chi connectivity index (χ4v) is 5.81. The molecule has 0 amide bonds. The van der Waals surface area contributed by atoms with Crippen LogP contribution < -0.4 is 0 Å². The van der Waals surface area contributed by atoms with Crippen LogP contribution in [-0.2, 0) is 9.53 Å². The molecule has 2 fully saturated rings. The number of hydrogen-bond donors (Lipinski definition) is 0. The zero-order valence-electron chi connectivity index (χ0n) is 13.7. The molecule has 0 radical (unpaired) electrons. The lowest BCUT2D eigenvalue weighted by Crippen LogP contribution is -2.48. The van der Waals surface area contributed by atoms with E-state index in [-0.39, 0.29) is 5.97 Å². The number of piperidine rings is 1. The molecule has 5 rings (SSSR count). The first-order chi connectivity index (χ1) is 11.6. The molecule has 3 nitrogen and oxygen atoms in total. The van der Waals surface area contributed by atoms with Crippen molar-refractivity contribution in [3.63, 3.8) is 0 Å². The van der Waals surface area contributed by atoms with Crippen LogP contribution in [0.25, 0.3) is 5.57 Å². The Morgan fingerprint density at radius 2 is 2.17 bits per heavy atom. The highest BCUT2D eigenvalue weighted by Gasteiger charge is 2.61. The van der Waals surface area contributed by atoms with Crippen LogP contribution in [0.1, 0.15) is 36.8 Å². The Morgan fingerprint density at radius 3 is 3.00 bits per heavy atom. The smallest absolute Gasteiger partial charge is 0.332 e. The van der Waals surface area contributed by atoms with Gasteiger partial charge in [-0.25, -0.2) is 4.79 Å². The maximum atomic E-state index is 12.2. The molecule has 1 aliphatic carbocycles. The number of benzene rings is 1. The maximum absolute atomic E-state index is 12.2. The van der Waals surface area contributed by atoms with E-state index in [1.54, 1.807) is 6.08 Å². The minimum absolute atomic E-state index is 0.171. The van der Waals surface area contributed by atoms with Gasteiger partial charge in [0.1, 0.15) is 0 Å². The fraction of sp³-hybridized carbons (Fsp3) is 0.450. The maximum Gasteiger partial charge on any atom is 0.332 e. The number of carbonyl (C=O) groups is 1. The van der Waals surface area contributed by atoms with Gasteiger partial charge in [0, 0.05) is 28.6 Å². The lowest BCUT2D eigenvalue weighted by atomic mass is 9.75. The highest BCUT2D eigenvalue weighted by atomic mass is 79.9. The molecule has 1 aromatic rings. The van der Waals surface area contributed by atoms with Gasteiger partial charge in [0.05, 0.1) is 6.04 Å². The molecular formula is C20H20BrNO2. The third-order valence-electron chi connectivity index (χ3n) is 6.02. The first kappa shape index (κ1) is 14.9. The molecule has 1 aromatic carbocycles. The molecule has 4 heteroatoms. The molecule has 0 unspecified atom stereocenters. The van der Waals surface area contributed by atoms with Gasteiger partial charge in [-0.15, -0.1) is 0 Å². The van der Waals surface area contributed by atoms with E-state index in [0.29, 0.717) is 12.1 Å². The van der Waals surface area contributed by atoms with Crippen LogP contribution in [0.3, 0.4) is 0 Å². The van der Waals surface area contributed by atoms with Gasteiger partial charge < -0.3 is 4.74 Å². The molecule has 3 heterocycles. The van der Waals surface area contributed by atoms with Gasteiger partial charge in [-0.1, -0.05) is 34.5 Å². The van der Waals surface area contributed by atoms with Crippen molar-refractivity contribution in [1.82, 2.24) is 4.90 Å². The summed E-state index contributed by atoms with van der Waals surface area (Å²) in [5.41, 5.74) is 4.28. The molecule has 0 aromatic heterocycles. The van der Waals surface area contributed by atoms with E-state index in [1.807, 2.05) is 0 Å². The molecular weight excluding hydrogens is 366 g/mol. The molecule has 3 atom stereocenters. The molecule has 2 saturated heterocycles. The number of carbonyl (C=O) groups excluding carboxylic acids is 1. The molecule has 0 saturated carbocycles. The molecule has 3 aliphatic heterocycles. The summed E-state index contributed by atoms with van der Waals surface area (Å²) in [6.07, 6.45) is 8.64. The summed E-state index contributed by atoms with van der Waals surface area (Å²) in [4.78, 5) is 14.8. The number of fused-ring (bicyclic) bond motifs is 3.